The number of hydrogen-bond acceptors (Lipinski definition) is 2. The molecule has 0 heterocycles. The zero-order valence-corrected chi connectivity index (χ0v) is 9.62. The summed E-state index contributed by atoms with van der Waals surface area (Å²) in [6, 6.07) is 8.29. The summed E-state index contributed by atoms with van der Waals surface area (Å²) >= 11 is 0. The molecule has 0 aliphatic heterocycles. The molecule has 0 saturated carbocycles. The molecule has 2 atom stereocenters. The maximum Gasteiger partial charge on any atom is 0.0949 e. The van der Waals surface area contributed by atoms with E-state index in [2.05, 4.69) is 32.2 Å². The lowest BCUT2D eigenvalue weighted by molar-refractivity contribution is 0.126. The van der Waals surface area contributed by atoms with Crippen molar-refractivity contribution in [1.82, 2.24) is 5.32 Å². The van der Waals surface area contributed by atoms with E-state index in [1.807, 2.05) is 18.2 Å². The van der Waals surface area contributed by atoms with E-state index >= 15 is 0 Å². The molecule has 82 valence electrons. The van der Waals surface area contributed by atoms with Crippen molar-refractivity contribution in [2.24, 2.45) is 0 Å². The quantitative estimate of drug-likeness (QED) is 0.735. The van der Waals surface area contributed by atoms with E-state index in [1.165, 1.54) is 5.56 Å². The fourth-order valence-corrected chi connectivity index (χ4v) is 2.26. The first-order valence-electron chi connectivity index (χ1n) is 5.51. The van der Waals surface area contributed by atoms with E-state index in [-0.39, 0.29) is 17.7 Å². The third-order valence-electron chi connectivity index (χ3n) is 2.81. The summed E-state index contributed by atoms with van der Waals surface area (Å²) in [6.07, 6.45) is 0.564. The Labute approximate surface area is 91.3 Å². The number of fused-ring (bicyclic) bond motifs is 1. The van der Waals surface area contributed by atoms with E-state index in [1.54, 1.807) is 0 Å². The SMILES string of the molecule is CC(C)(C)N[C@@H]1Cc2ccccc2[C@@H]1O. The topological polar surface area (TPSA) is 32.3 Å². The second-order valence-corrected chi connectivity index (χ2v) is 5.35. The molecule has 0 bridgehead atoms. The molecule has 1 aromatic rings. The van der Waals surface area contributed by atoms with E-state index in [4.69, 9.17) is 0 Å². The van der Waals surface area contributed by atoms with Gasteiger partial charge in [-0.25, -0.2) is 0 Å². The minimum atomic E-state index is -0.361. The molecule has 2 rings (SSSR count). The molecule has 0 unspecified atom stereocenters. The average Bonchev–Trinajstić information content (AvgIpc) is 2.42. The highest BCUT2D eigenvalue weighted by molar-refractivity contribution is 5.35. The third kappa shape index (κ3) is 2.21. The van der Waals surface area contributed by atoms with Gasteiger partial charge in [-0.1, -0.05) is 24.3 Å². The molecule has 1 aliphatic carbocycles. The zero-order chi connectivity index (χ0) is 11.1. The smallest absolute Gasteiger partial charge is 0.0949 e. The number of benzene rings is 1. The third-order valence-corrected chi connectivity index (χ3v) is 2.81. The summed E-state index contributed by atoms with van der Waals surface area (Å²) < 4.78 is 0. The van der Waals surface area contributed by atoms with Gasteiger partial charge in [-0.05, 0) is 38.3 Å². The molecule has 2 nitrogen and oxygen atoms in total. The lowest BCUT2D eigenvalue weighted by Gasteiger charge is -2.27. The number of nitrogens with one attached hydrogen (secondary N) is 1. The number of aliphatic hydroxyl groups is 1. The first-order chi connectivity index (χ1) is 6.97. The molecule has 2 heteroatoms. The number of rotatable bonds is 1. The van der Waals surface area contributed by atoms with Crippen LogP contribution in [-0.4, -0.2) is 16.7 Å². The lowest BCUT2D eigenvalue weighted by Crippen LogP contribution is -2.45. The first kappa shape index (κ1) is 10.7. The van der Waals surface area contributed by atoms with Crippen LogP contribution >= 0.6 is 0 Å². The largest absolute Gasteiger partial charge is 0.387 e. The highest BCUT2D eigenvalue weighted by Crippen LogP contribution is 2.31. The van der Waals surface area contributed by atoms with Crippen molar-refractivity contribution in [3.05, 3.63) is 35.4 Å². The summed E-state index contributed by atoms with van der Waals surface area (Å²) in [7, 11) is 0. The molecular weight excluding hydrogens is 186 g/mol. The Kier molecular flexibility index (Phi) is 2.57. The van der Waals surface area contributed by atoms with Crippen LogP contribution < -0.4 is 5.32 Å². The van der Waals surface area contributed by atoms with Crippen molar-refractivity contribution in [3.63, 3.8) is 0 Å². The maximum atomic E-state index is 10.1. The summed E-state index contributed by atoms with van der Waals surface area (Å²) in [4.78, 5) is 0. The van der Waals surface area contributed by atoms with Crippen LogP contribution in [0.2, 0.25) is 0 Å². The van der Waals surface area contributed by atoms with Crippen LogP contribution in [0.1, 0.15) is 38.0 Å². The number of hydrogen-bond donors (Lipinski definition) is 2. The highest BCUT2D eigenvalue weighted by atomic mass is 16.3. The summed E-state index contributed by atoms with van der Waals surface area (Å²) in [6.45, 7) is 6.38. The Morgan fingerprint density at radius 3 is 2.53 bits per heavy atom. The van der Waals surface area contributed by atoms with Crippen molar-refractivity contribution < 1.29 is 5.11 Å². The molecule has 0 saturated heterocycles. The van der Waals surface area contributed by atoms with E-state index in [0.29, 0.717) is 0 Å². The Bertz CT molecular complexity index is 354. The van der Waals surface area contributed by atoms with Crippen molar-refractivity contribution in [2.75, 3.05) is 0 Å². The molecule has 15 heavy (non-hydrogen) atoms. The molecule has 1 aliphatic rings. The van der Waals surface area contributed by atoms with Gasteiger partial charge >= 0.3 is 0 Å². The minimum Gasteiger partial charge on any atom is -0.387 e. The number of aliphatic hydroxyl groups excluding tert-OH is 1. The van der Waals surface area contributed by atoms with E-state index < -0.39 is 0 Å². The molecule has 2 N–H and O–H groups in total. The van der Waals surface area contributed by atoms with Crippen LogP contribution in [0.5, 0.6) is 0 Å². The Morgan fingerprint density at radius 1 is 1.27 bits per heavy atom. The maximum absolute atomic E-state index is 10.1. The second kappa shape index (κ2) is 3.62. The van der Waals surface area contributed by atoms with Gasteiger partial charge in [0, 0.05) is 11.6 Å². The van der Waals surface area contributed by atoms with Crippen molar-refractivity contribution in [2.45, 2.75) is 44.9 Å². The predicted molar refractivity (Wildman–Crippen MR) is 61.8 cm³/mol. The molecule has 0 fully saturated rings. The standard InChI is InChI=1S/C13H19NO/c1-13(2,3)14-11-8-9-6-4-5-7-10(9)12(11)15/h4-7,11-12,14-15H,8H2,1-3H3/t11-,12+/m1/s1. The summed E-state index contributed by atoms with van der Waals surface area (Å²) in [5.74, 6) is 0. The predicted octanol–water partition coefficient (Wildman–Crippen LogP) is 2.03. The van der Waals surface area contributed by atoms with Crippen molar-refractivity contribution >= 4 is 0 Å². The Morgan fingerprint density at radius 2 is 1.93 bits per heavy atom. The Balaban J connectivity index is 2.17. The molecule has 1 aromatic carbocycles. The van der Waals surface area contributed by atoms with Crippen LogP contribution in [0.3, 0.4) is 0 Å². The van der Waals surface area contributed by atoms with Gasteiger partial charge < -0.3 is 10.4 Å². The molecule has 0 radical (unpaired) electrons. The summed E-state index contributed by atoms with van der Waals surface area (Å²) in [5, 5.41) is 13.6. The normalized spacial score (nSPS) is 25.3. The van der Waals surface area contributed by atoms with E-state index in [0.717, 1.165) is 12.0 Å². The van der Waals surface area contributed by atoms with Gasteiger partial charge in [-0.3, -0.25) is 0 Å². The van der Waals surface area contributed by atoms with Crippen LogP contribution in [-0.2, 0) is 6.42 Å². The van der Waals surface area contributed by atoms with Gasteiger partial charge in [-0.2, -0.15) is 0 Å². The van der Waals surface area contributed by atoms with Crippen LogP contribution in [0.15, 0.2) is 24.3 Å². The highest BCUT2D eigenvalue weighted by Gasteiger charge is 2.32. The summed E-state index contributed by atoms with van der Waals surface area (Å²) in [5.41, 5.74) is 2.40. The average molecular weight is 205 g/mol. The van der Waals surface area contributed by atoms with Gasteiger partial charge in [0.2, 0.25) is 0 Å². The van der Waals surface area contributed by atoms with Gasteiger partial charge in [0.15, 0.2) is 0 Å². The van der Waals surface area contributed by atoms with Gasteiger partial charge in [-0.15, -0.1) is 0 Å². The van der Waals surface area contributed by atoms with Gasteiger partial charge in [0.05, 0.1) is 6.10 Å². The van der Waals surface area contributed by atoms with Crippen LogP contribution in [0, 0.1) is 0 Å². The monoisotopic (exact) mass is 205 g/mol. The van der Waals surface area contributed by atoms with E-state index in [9.17, 15) is 5.11 Å². The van der Waals surface area contributed by atoms with Crippen LogP contribution in [0.25, 0.3) is 0 Å². The molecule has 0 spiro atoms. The fraction of sp³-hybridized carbons (Fsp3) is 0.538. The fourth-order valence-electron chi connectivity index (χ4n) is 2.26. The van der Waals surface area contributed by atoms with Crippen molar-refractivity contribution in [3.8, 4) is 0 Å². The molecule has 0 amide bonds. The second-order valence-electron chi connectivity index (χ2n) is 5.35. The van der Waals surface area contributed by atoms with Gasteiger partial charge in [0.25, 0.3) is 0 Å². The Hall–Kier alpha value is -0.860. The zero-order valence-electron chi connectivity index (χ0n) is 9.62. The first-order valence-corrected chi connectivity index (χ1v) is 5.51. The lowest BCUT2D eigenvalue weighted by atomic mass is 10.0. The molecular formula is C13H19NO. The van der Waals surface area contributed by atoms with Crippen LogP contribution in [0.4, 0.5) is 0 Å². The minimum absolute atomic E-state index is 0.0493. The van der Waals surface area contributed by atoms with Crippen molar-refractivity contribution in [1.29, 1.82) is 0 Å². The molecule has 0 aromatic heterocycles. The van der Waals surface area contributed by atoms with Gasteiger partial charge in [0.1, 0.15) is 0 Å².